The normalized spacial score (nSPS) is 16.3. The van der Waals surface area contributed by atoms with Crippen LogP contribution in [0.2, 0.25) is 0 Å². The molecule has 2 aromatic rings. The maximum absolute atomic E-state index is 11.4. The van der Waals surface area contributed by atoms with E-state index in [1.165, 1.54) is 12.7 Å². The summed E-state index contributed by atoms with van der Waals surface area (Å²) >= 11 is 0. The van der Waals surface area contributed by atoms with Crippen molar-refractivity contribution in [3.63, 3.8) is 0 Å². The number of esters is 1. The van der Waals surface area contributed by atoms with Gasteiger partial charge in [0.1, 0.15) is 12.4 Å². The Morgan fingerprint density at radius 1 is 1.32 bits per heavy atom. The summed E-state index contributed by atoms with van der Waals surface area (Å²) in [5.41, 5.74) is 1.81. The highest BCUT2D eigenvalue weighted by Gasteiger charge is 2.29. The molecule has 4 nitrogen and oxygen atoms in total. The van der Waals surface area contributed by atoms with E-state index < -0.39 is 0 Å². The van der Waals surface area contributed by atoms with E-state index in [9.17, 15) is 4.79 Å². The van der Waals surface area contributed by atoms with Gasteiger partial charge in [0.05, 0.1) is 11.8 Å². The molecule has 1 unspecified atom stereocenters. The van der Waals surface area contributed by atoms with Gasteiger partial charge in [-0.15, -0.1) is 0 Å². The standard InChI is InChI=1S/C12H14O2.C3H3NO/c1-2-3-8-11-9-6-4-5-7-10(9)12(13)14-11;1-2-5-3-4-1/h4-7,11H,2-3,8H2,1H3;1-3H. The topological polar surface area (TPSA) is 52.3 Å². The van der Waals surface area contributed by atoms with Gasteiger partial charge in [-0.2, -0.15) is 0 Å². The lowest BCUT2D eigenvalue weighted by Crippen LogP contribution is -1.98. The summed E-state index contributed by atoms with van der Waals surface area (Å²) in [5.74, 6) is -0.165. The van der Waals surface area contributed by atoms with Crippen LogP contribution in [-0.4, -0.2) is 11.0 Å². The number of oxazole rings is 1. The van der Waals surface area contributed by atoms with Crippen LogP contribution in [0, 0.1) is 0 Å². The van der Waals surface area contributed by atoms with Crippen molar-refractivity contribution in [2.24, 2.45) is 0 Å². The van der Waals surface area contributed by atoms with Gasteiger partial charge in [0.2, 0.25) is 0 Å². The van der Waals surface area contributed by atoms with Crippen molar-refractivity contribution >= 4 is 5.97 Å². The number of benzene rings is 1. The SMILES string of the molecule is CCCCC1OC(=O)c2ccccc21.c1cocn1. The lowest BCUT2D eigenvalue weighted by atomic mass is 10.0. The summed E-state index contributed by atoms with van der Waals surface area (Å²) in [7, 11) is 0. The molecular weight excluding hydrogens is 242 g/mol. The van der Waals surface area contributed by atoms with E-state index in [0.717, 1.165) is 30.4 Å². The van der Waals surface area contributed by atoms with E-state index in [1.807, 2.05) is 24.3 Å². The third kappa shape index (κ3) is 3.44. The average Bonchev–Trinajstić information content (AvgIpc) is 3.10. The van der Waals surface area contributed by atoms with Crippen molar-refractivity contribution in [3.05, 3.63) is 54.2 Å². The van der Waals surface area contributed by atoms with Gasteiger partial charge in [-0.3, -0.25) is 0 Å². The predicted octanol–water partition coefficient (Wildman–Crippen LogP) is 3.76. The number of rotatable bonds is 3. The zero-order valence-corrected chi connectivity index (χ0v) is 10.9. The Labute approximate surface area is 112 Å². The molecule has 0 N–H and O–H groups in total. The van der Waals surface area contributed by atoms with Gasteiger partial charge in [0, 0.05) is 5.56 Å². The molecule has 3 rings (SSSR count). The summed E-state index contributed by atoms with van der Waals surface area (Å²) in [6.45, 7) is 2.14. The quantitative estimate of drug-likeness (QED) is 0.787. The second-order valence-corrected chi connectivity index (χ2v) is 4.30. The molecule has 0 fully saturated rings. The van der Waals surface area contributed by atoms with Gasteiger partial charge < -0.3 is 9.15 Å². The largest absolute Gasteiger partial charge is 0.454 e. The van der Waals surface area contributed by atoms with E-state index in [-0.39, 0.29) is 12.1 Å². The fourth-order valence-electron chi connectivity index (χ4n) is 2.00. The Bertz CT molecular complexity index is 491. The number of cyclic esters (lactones) is 1. The highest BCUT2D eigenvalue weighted by atomic mass is 16.5. The number of ether oxygens (including phenoxy) is 1. The molecule has 1 aromatic carbocycles. The molecule has 19 heavy (non-hydrogen) atoms. The summed E-state index contributed by atoms with van der Waals surface area (Å²) < 4.78 is 9.77. The zero-order valence-electron chi connectivity index (χ0n) is 10.9. The van der Waals surface area contributed by atoms with Gasteiger partial charge in [-0.05, 0) is 18.9 Å². The first-order valence-electron chi connectivity index (χ1n) is 6.45. The first-order chi connectivity index (χ1) is 9.33. The molecule has 0 bridgehead atoms. The minimum absolute atomic E-state index is 0.00125. The molecule has 100 valence electrons. The molecule has 0 amide bonds. The third-order valence-corrected chi connectivity index (χ3v) is 2.94. The molecule has 0 aliphatic carbocycles. The maximum atomic E-state index is 11.4. The van der Waals surface area contributed by atoms with Crippen LogP contribution in [0.1, 0.15) is 48.2 Å². The van der Waals surface area contributed by atoms with Crippen molar-refractivity contribution in [1.29, 1.82) is 0 Å². The van der Waals surface area contributed by atoms with E-state index in [4.69, 9.17) is 4.74 Å². The average molecular weight is 259 g/mol. The van der Waals surface area contributed by atoms with E-state index in [1.54, 1.807) is 6.20 Å². The minimum Gasteiger partial charge on any atom is -0.454 e. The smallest absolute Gasteiger partial charge is 0.339 e. The second-order valence-electron chi connectivity index (χ2n) is 4.30. The predicted molar refractivity (Wildman–Crippen MR) is 70.6 cm³/mol. The highest BCUT2D eigenvalue weighted by Crippen LogP contribution is 2.33. The first-order valence-corrected chi connectivity index (χ1v) is 6.45. The lowest BCUT2D eigenvalue weighted by Gasteiger charge is -2.08. The first kappa shape index (κ1) is 13.3. The van der Waals surface area contributed by atoms with Crippen LogP contribution in [0.15, 0.2) is 47.5 Å². The molecular formula is C15H17NO3. The number of unbranched alkanes of at least 4 members (excludes halogenated alkanes) is 1. The molecule has 1 aliphatic heterocycles. The van der Waals surface area contributed by atoms with E-state index >= 15 is 0 Å². The summed E-state index contributed by atoms with van der Waals surface area (Å²) in [5, 5.41) is 0. The van der Waals surface area contributed by atoms with Crippen molar-refractivity contribution in [3.8, 4) is 0 Å². The maximum Gasteiger partial charge on any atom is 0.339 e. The number of fused-ring (bicyclic) bond motifs is 1. The molecule has 0 saturated carbocycles. The highest BCUT2D eigenvalue weighted by molar-refractivity contribution is 5.93. The Morgan fingerprint density at radius 3 is 2.79 bits per heavy atom. The molecule has 0 radical (unpaired) electrons. The van der Waals surface area contributed by atoms with Crippen molar-refractivity contribution in [2.75, 3.05) is 0 Å². The Hall–Kier alpha value is -2.10. The molecule has 1 aliphatic rings. The fourth-order valence-corrected chi connectivity index (χ4v) is 2.00. The zero-order chi connectivity index (χ0) is 13.5. The van der Waals surface area contributed by atoms with Gasteiger partial charge in [0.15, 0.2) is 6.39 Å². The van der Waals surface area contributed by atoms with Crippen molar-refractivity contribution < 1.29 is 13.9 Å². The van der Waals surface area contributed by atoms with Crippen LogP contribution < -0.4 is 0 Å². The molecule has 4 heteroatoms. The number of hydrogen-bond acceptors (Lipinski definition) is 4. The monoisotopic (exact) mass is 259 g/mol. The molecule has 1 aromatic heterocycles. The van der Waals surface area contributed by atoms with Gasteiger partial charge in [0.25, 0.3) is 0 Å². The lowest BCUT2D eigenvalue weighted by molar-refractivity contribution is 0.0364. The number of hydrogen-bond donors (Lipinski definition) is 0. The second kappa shape index (κ2) is 6.73. The summed E-state index contributed by atoms with van der Waals surface area (Å²) in [6, 6.07) is 7.66. The Kier molecular flexibility index (Phi) is 4.72. The van der Waals surface area contributed by atoms with Gasteiger partial charge >= 0.3 is 5.97 Å². The molecule has 0 saturated heterocycles. The van der Waals surface area contributed by atoms with E-state index in [0.29, 0.717) is 0 Å². The van der Waals surface area contributed by atoms with Crippen LogP contribution in [0.3, 0.4) is 0 Å². The molecule has 0 spiro atoms. The van der Waals surface area contributed by atoms with E-state index in [2.05, 4.69) is 16.3 Å². The summed E-state index contributed by atoms with van der Waals surface area (Å²) in [4.78, 5) is 15.0. The van der Waals surface area contributed by atoms with Crippen LogP contribution >= 0.6 is 0 Å². The number of nitrogens with zero attached hydrogens (tertiary/aromatic N) is 1. The Balaban J connectivity index is 0.000000224. The fraction of sp³-hybridized carbons (Fsp3) is 0.333. The summed E-state index contributed by atoms with van der Waals surface area (Å²) in [6.07, 6.45) is 7.65. The van der Waals surface area contributed by atoms with Crippen LogP contribution in [0.25, 0.3) is 0 Å². The van der Waals surface area contributed by atoms with Gasteiger partial charge in [-0.25, -0.2) is 9.78 Å². The minimum atomic E-state index is -0.165. The number of carbonyl (C=O) groups excluding carboxylic acids is 1. The molecule has 2 heterocycles. The van der Waals surface area contributed by atoms with Crippen LogP contribution in [-0.2, 0) is 4.74 Å². The molecule has 1 atom stereocenters. The van der Waals surface area contributed by atoms with Crippen molar-refractivity contribution in [2.45, 2.75) is 32.3 Å². The van der Waals surface area contributed by atoms with Crippen LogP contribution in [0.5, 0.6) is 0 Å². The van der Waals surface area contributed by atoms with Gasteiger partial charge in [-0.1, -0.05) is 31.5 Å². The number of carbonyl (C=O) groups is 1. The Morgan fingerprint density at radius 2 is 2.16 bits per heavy atom. The number of aromatic nitrogens is 1. The van der Waals surface area contributed by atoms with Crippen LogP contribution in [0.4, 0.5) is 0 Å². The third-order valence-electron chi connectivity index (χ3n) is 2.94. The van der Waals surface area contributed by atoms with Crippen molar-refractivity contribution in [1.82, 2.24) is 4.98 Å².